The molecule has 1 atom stereocenters. The predicted molar refractivity (Wildman–Crippen MR) is 78.4 cm³/mol. The van der Waals surface area contributed by atoms with Gasteiger partial charge >= 0.3 is 6.18 Å². The summed E-state index contributed by atoms with van der Waals surface area (Å²) in [6.45, 7) is 7.09. The highest BCUT2D eigenvalue weighted by atomic mass is 35.5. The topological polar surface area (TPSA) is 23.8 Å². The van der Waals surface area contributed by atoms with E-state index >= 15 is 0 Å². The maximum absolute atomic E-state index is 13.2. The number of hydrogen-bond donors (Lipinski definition) is 0. The quantitative estimate of drug-likeness (QED) is 0.610. The van der Waals surface area contributed by atoms with Crippen molar-refractivity contribution in [2.75, 3.05) is 0 Å². The van der Waals surface area contributed by atoms with Crippen molar-refractivity contribution in [3.63, 3.8) is 0 Å². The molecule has 0 saturated heterocycles. The molecule has 0 aromatic carbocycles. The van der Waals surface area contributed by atoms with Crippen LogP contribution < -0.4 is 0 Å². The first-order valence-electron chi connectivity index (χ1n) is 6.26. The van der Waals surface area contributed by atoms with Crippen LogP contribution >= 0.6 is 11.6 Å². The minimum atomic E-state index is -4.45. The number of rotatable bonds is 2. The molecule has 5 heteroatoms. The Kier molecular flexibility index (Phi) is 5.62. The molecule has 1 nitrogen and oxygen atoms in total. The number of hydrogen-bond acceptors (Lipinski definition) is 1. The van der Waals surface area contributed by atoms with E-state index in [4.69, 9.17) is 16.9 Å². The van der Waals surface area contributed by atoms with Gasteiger partial charge < -0.3 is 0 Å². The first-order chi connectivity index (χ1) is 9.74. The van der Waals surface area contributed by atoms with Crippen LogP contribution in [0.4, 0.5) is 13.2 Å². The third-order valence-corrected chi connectivity index (χ3v) is 3.59. The summed E-state index contributed by atoms with van der Waals surface area (Å²) in [4.78, 5) is 0. The Morgan fingerprint density at radius 3 is 2.57 bits per heavy atom. The van der Waals surface area contributed by atoms with E-state index in [1.54, 1.807) is 12.1 Å². The van der Waals surface area contributed by atoms with Crippen LogP contribution in [0.15, 0.2) is 58.2 Å². The lowest BCUT2D eigenvalue weighted by molar-refractivity contribution is -0.163. The first kappa shape index (κ1) is 17.3. The third-order valence-electron chi connectivity index (χ3n) is 3.33. The minimum absolute atomic E-state index is 0.0950. The van der Waals surface area contributed by atoms with Gasteiger partial charge in [0.1, 0.15) is 0 Å². The Morgan fingerprint density at radius 2 is 2.14 bits per heavy atom. The van der Waals surface area contributed by atoms with E-state index in [9.17, 15) is 13.2 Å². The fraction of sp³-hybridized carbons (Fsp3) is 0.312. The summed E-state index contributed by atoms with van der Waals surface area (Å²) in [7, 11) is 0. The van der Waals surface area contributed by atoms with Crippen LogP contribution in [-0.4, -0.2) is 6.18 Å². The Morgan fingerprint density at radius 1 is 1.52 bits per heavy atom. The van der Waals surface area contributed by atoms with Crippen LogP contribution in [-0.2, 0) is 0 Å². The molecule has 1 aliphatic carbocycles. The molecule has 0 aromatic heterocycles. The van der Waals surface area contributed by atoms with Crippen molar-refractivity contribution >= 4 is 11.6 Å². The van der Waals surface area contributed by atoms with Crippen LogP contribution in [0.2, 0.25) is 0 Å². The lowest BCUT2D eigenvalue weighted by Gasteiger charge is -2.28. The second kappa shape index (κ2) is 6.82. The minimum Gasteiger partial charge on any atom is -0.192 e. The summed E-state index contributed by atoms with van der Waals surface area (Å²) in [5.74, 6) is -1.75. The number of nitrogens with zero attached hydrogens (tertiary/aromatic N) is 1. The summed E-state index contributed by atoms with van der Waals surface area (Å²) in [6, 6.07) is 1.70. The van der Waals surface area contributed by atoms with Crippen LogP contribution in [0.1, 0.15) is 20.3 Å². The summed E-state index contributed by atoms with van der Waals surface area (Å²) < 4.78 is 39.5. The molecule has 21 heavy (non-hydrogen) atoms. The lowest BCUT2D eigenvalue weighted by atomic mass is 9.79. The Bertz CT molecular complexity index is 598. The second-order valence-corrected chi connectivity index (χ2v) is 4.97. The smallest absolute Gasteiger partial charge is 0.192 e. The molecule has 0 aliphatic heterocycles. The van der Waals surface area contributed by atoms with Crippen molar-refractivity contribution < 1.29 is 13.2 Å². The van der Waals surface area contributed by atoms with Crippen LogP contribution in [0.5, 0.6) is 0 Å². The van der Waals surface area contributed by atoms with Gasteiger partial charge in [-0.25, -0.2) is 0 Å². The monoisotopic (exact) mass is 313 g/mol. The molecule has 1 aliphatic rings. The molecule has 0 radical (unpaired) electrons. The summed E-state index contributed by atoms with van der Waals surface area (Å²) in [5.41, 5.74) is 2.76. The maximum atomic E-state index is 13.2. The van der Waals surface area contributed by atoms with Gasteiger partial charge in [0.15, 0.2) is 0 Å². The summed E-state index contributed by atoms with van der Waals surface area (Å²) in [5, 5.41) is 8.88. The van der Waals surface area contributed by atoms with E-state index in [0.29, 0.717) is 11.1 Å². The zero-order valence-corrected chi connectivity index (χ0v) is 12.5. The molecule has 0 N–H and O–H groups in total. The Hall–Kier alpha value is -1.73. The van der Waals surface area contributed by atoms with E-state index in [-0.39, 0.29) is 17.6 Å². The normalized spacial score (nSPS) is 24.0. The molecule has 112 valence electrons. The fourth-order valence-corrected chi connectivity index (χ4v) is 2.25. The van der Waals surface area contributed by atoms with Gasteiger partial charge in [-0.2, -0.15) is 18.4 Å². The highest BCUT2D eigenvalue weighted by Gasteiger charge is 2.44. The van der Waals surface area contributed by atoms with E-state index in [1.807, 2.05) is 19.9 Å². The van der Waals surface area contributed by atoms with E-state index in [2.05, 4.69) is 6.58 Å². The molecular weight excluding hydrogens is 299 g/mol. The number of allylic oxidation sites excluding steroid dienone is 8. The molecular formula is C16H15ClF3N. The zero-order valence-electron chi connectivity index (χ0n) is 11.8. The molecule has 0 fully saturated rings. The average Bonchev–Trinajstić information content (AvgIpc) is 2.44. The van der Waals surface area contributed by atoms with Crippen LogP contribution in [0, 0.1) is 17.2 Å². The zero-order chi connectivity index (χ0) is 16.2. The highest BCUT2D eigenvalue weighted by molar-refractivity contribution is 6.26. The second-order valence-electron chi connectivity index (χ2n) is 4.76. The third kappa shape index (κ3) is 4.12. The van der Waals surface area contributed by atoms with Crippen LogP contribution in [0.25, 0.3) is 0 Å². The van der Waals surface area contributed by atoms with Crippen molar-refractivity contribution in [1.29, 1.82) is 5.26 Å². The Labute approximate surface area is 127 Å². The lowest BCUT2D eigenvalue weighted by Crippen LogP contribution is -2.28. The molecule has 0 bridgehead atoms. The van der Waals surface area contributed by atoms with Gasteiger partial charge in [0.25, 0.3) is 0 Å². The molecule has 0 saturated carbocycles. The van der Waals surface area contributed by atoms with Gasteiger partial charge in [-0.15, -0.1) is 0 Å². The van der Waals surface area contributed by atoms with Gasteiger partial charge in [0, 0.05) is 11.1 Å². The van der Waals surface area contributed by atoms with E-state index in [1.165, 1.54) is 6.08 Å². The Balaban J connectivity index is 3.47. The van der Waals surface area contributed by atoms with Gasteiger partial charge in [0.2, 0.25) is 0 Å². The van der Waals surface area contributed by atoms with Gasteiger partial charge in [-0.1, -0.05) is 35.9 Å². The van der Waals surface area contributed by atoms with Crippen molar-refractivity contribution in [2.24, 2.45) is 5.92 Å². The average molecular weight is 314 g/mol. The number of alkyl halides is 3. The van der Waals surface area contributed by atoms with Gasteiger partial charge in [-0.05, 0) is 43.1 Å². The molecule has 0 heterocycles. The summed E-state index contributed by atoms with van der Waals surface area (Å²) in [6.07, 6.45) is 0.196. The molecule has 1 unspecified atom stereocenters. The number of halogens is 4. The SMILES string of the molecule is C=C(C#N)C1=CC(=C/C(C)=C\C)/C(=C/Cl)CC1C(F)(F)F. The molecule has 1 rings (SSSR count). The molecule has 0 amide bonds. The molecule has 0 aromatic rings. The van der Waals surface area contributed by atoms with Crippen molar-refractivity contribution in [3.8, 4) is 6.07 Å². The number of nitriles is 1. The largest absolute Gasteiger partial charge is 0.396 e. The summed E-state index contributed by atoms with van der Waals surface area (Å²) >= 11 is 5.67. The van der Waals surface area contributed by atoms with Crippen LogP contribution in [0.3, 0.4) is 0 Å². The highest BCUT2D eigenvalue weighted by Crippen LogP contribution is 2.44. The van der Waals surface area contributed by atoms with Crippen molar-refractivity contribution in [3.05, 3.63) is 58.2 Å². The van der Waals surface area contributed by atoms with E-state index < -0.39 is 12.1 Å². The van der Waals surface area contributed by atoms with Gasteiger partial charge in [-0.3, -0.25) is 0 Å². The van der Waals surface area contributed by atoms with Crippen molar-refractivity contribution in [2.45, 2.75) is 26.4 Å². The molecule has 0 spiro atoms. The van der Waals surface area contributed by atoms with Crippen molar-refractivity contribution in [1.82, 2.24) is 0 Å². The predicted octanol–water partition coefficient (Wildman–Crippen LogP) is 5.59. The first-order valence-corrected chi connectivity index (χ1v) is 6.70. The van der Waals surface area contributed by atoms with Gasteiger partial charge in [0.05, 0.1) is 12.0 Å². The maximum Gasteiger partial charge on any atom is 0.396 e. The fourth-order valence-electron chi connectivity index (χ4n) is 2.03. The standard InChI is InChI=1S/C16H15ClF3N/c1-4-10(2)5-12-6-14(11(3)9-21)15(16(18,19)20)7-13(12)8-17/h4-6,8,15H,3,7H2,1-2H3/b10-4-,12-5-,13-8+. The van der Waals surface area contributed by atoms with E-state index in [0.717, 1.165) is 11.1 Å².